The molecule has 0 radical (unpaired) electrons. The number of oxazole rings is 1. The van der Waals surface area contributed by atoms with Crippen molar-refractivity contribution in [1.29, 1.82) is 0 Å². The highest BCUT2D eigenvalue weighted by atomic mass is 16.4. The molecule has 1 amide bonds. The maximum atomic E-state index is 12.5. The van der Waals surface area contributed by atoms with Crippen LogP contribution in [0.3, 0.4) is 0 Å². The van der Waals surface area contributed by atoms with Gasteiger partial charge in [0.25, 0.3) is 5.91 Å². The van der Waals surface area contributed by atoms with E-state index >= 15 is 0 Å². The molecule has 0 saturated carbocycles. The molecule has 0 aliphatic heterocycles. The summed E-state index contributed by atoms with van der Waals surface area (Å²) in [7, 11) is 0. The molecule has 25 heavy (non-hydrogen) atoms. The van der Waals surface area contributed by atoms with Gasteiger partial charge in [0.15, 0.2) is 5.69 Å². The number of carboxylic acids is 1. The molecule has 3 rings (SSSR count). The number of hydrogen-bond acceptors (Lipinski definition) is 5. The smallest absolute Gasteiger partial charge is 0.357 e. The monoisotopic (exact) mass is 340 g/mol. The topological polar surface area (TPSA) is 110 Å². The molecule has 8 nitrogen and oxygen atoms in total. The van der Waals surface area contributed by atoms with E-state index in [4.69, 9.17) is 9.52 Å². The zero-order valence-electron chi connectivity index (χ0n) is 13.5. The lowest BCUT2D eigenvalue weighted by molar-refractivity contribution is 0.0690. The van der Waals surface area contributed by atoms with Crippen LogP contribution in [-0.2, 0) is 6.42 Å². The fraction of sp³-hybridized carbons (Fsp3) is 0.176. The first kappa shape index (κ1) is 16.4. The lowest BCUT2D eigenvalue weighted by Crippen LogP contribution is -2.15. The highest BCUT2D eigenvalue weighted by Gasteiger charge is 2.20. The summed E-state index contributed by atoms with van der Waals surface area (Å²) in [4.78, 5) is 27.0. The van der Waals surface area contributed by atoms with Crippen molar-refractivity contribution in [2.24, 2.45) is 0 Å². The standard InChI is InChI=1S/C17H16N4O4/c1-2-6-14-12(9-18-21(14)11-7-4-3-5-8-11)15(22)20-17-19-13(10-25-17)16(23)24/h3-5,7-10H,2,6H2,1H3,(H,23,24)(H,19,20,22). The number of nitrogens with zero attached hydrogens (tertiary/aromatic N) is 3. The summed E-state index contributed by atoms with van der Waals surface area (Å²) in [5, 5.41) is 15.6. The Hall–Kier alpha value is -3.42. The van der Waals surface area contributed by atoms with Crippen LogP contribution in [0.1, 0.15) is 39.9 Å². The fourth-order valence-electron chi connectivity index (χ4n) is 2.43. The van der Waals surface area contributed by atoms with Crippen molar-refractivity contribution < 1.29 is 19.1 Å². The van der Waals surface area contributed by atoms with Gasteiger partial charge in [0.1, 0.15) is 6.26 Å². The fourth-order valence-corrected chi connectivity index (χ4v) is 2.43. The van der Waals surface area contributed by atoms with Gasteiger partial charge < -0.3 is 9.52 Å². The minimum absolute atomic E-state index is 0.169. The van der Waals surface area contributed by atoms with Crippen molar-refractivity contribution in [3.63, 3.8) is 0 Å². The van der Waals surface area contributed by atoms with Gasteiger partial charge in [-0.15, -0.1) is 0 Å². The van der Waals surface area contributed by atoms with Crippen molar-refractivity contribution in [3.05, 3.63) is 59.7 Å². The predicted molar refractivity (Wildman–Crippen MR) is 89.0 cm³/mol. The molecule has 1 aromatic carbocycles. The molecule has 0 aliphatic rings. The molecule has 0 spiro atoms. The quantitative estimate of drug-likeness (QED) is 0.714. The average Bonchev–Trinajstić information content (AvgIpc) is 3.23. The molecule has 128 valence electrons. The Labute approximate surface area is 143 Å². The van der Waals surface area contributed by atoms with Crippen LogP contribution < -0.4 is 5.32 Å². The second-order valence-corrected chi connectivity index (χ2v) is 5.30. The average molecular weight is 340 g/mol. The maximum absolute atomic E-state index is 12.5. The van der Waals surface area contributed by atoms with Crippen molar-refractivity contribution in [1.82, 2.24) is 14.8 Å². The Bertz CT molecular complexity index is 899. The number of anilines is 1. The van der Waals surface area contributed by atoms with Crippen LogP contribution >= 0.6 is 0 Å². The number of carboxylic acid groups (broad SMARTS) is 1. The predicted octanol–water partition coefficient (Wildman–Crippen LogP) is 2.76. The Morgan fingerprint density at radius 3 is 2.68 bits per heavy atom. The minimum atomic E-state index is -1.23. The first-order chi connectivity index (χ1) is 12.1. The molecule has 0 saturated heterocycles. The third kappa shape index (κ3) is 3.42. The number of hydrogen-bond donors (Lipinski definition) is 2. The van der Waals surface area contributed by atoms with Gasteiger partial charge in [-0.2, -0.15) is 10.1 Å². The van der Waals surface area contributed by atoms with E-state index < -0.39 is 11.9 Å². The highest BCUT2D eigenvalue weighted by Crippen LogP contribution is 2.18. The van der Waals surface area contributed by atoms with Gasteiger partial charge >= 0.3 is 12.0 Å². The van der Waals surface area contributed by atoms with Crippen LogP contribution in [0.25, 0.3) is 5.69 Å². The molecule has 0 unspecified atom stereocenters. The number of nitrogens with one attached hydrogen (secondary N) is 1. The Kier molecular flexibility index (Phi) is 4.60. The van der Waals surface area contributed by atoms with E-state index in [9.17, 15) is 9.59 Å². The van der Waals surface area contributed by atoms with Gasteiger partial charge in [0, 0.05) is 0 Å². The van der Waals surface area contributed by atoms with Gasteiger partial charge in [-0.1, -0.05) is 31.5 Å². The third-order valence-electron chi connectivity index (χ3n) is 3.54. The third-order valence-corrected chi connectivity index (χ3v) is 3.54. The number of aromatic nitrogens is 3. The lowest BCUT2D eigenvalue weighted by Gasteiger charge is -2.08. The molecule has 3 aromatic rings. The molecule has 8 heteroatoms. The largest absolute Gasteiger partial charge is 0.476 e. The van der Waals surface area contributed by atoms with Crippen LogP contribution in [0.4, 0.5) is 6.01 Å². The number of aromatic carboxylic acids is 1. The first-order valence-corrected chi connectivity index (χ1v) is 7.72. The summed E-state index contributed by atoms with van der Waals surface area (Å²) >= 11 is 0. The van der Waals surface area contributed by atoms with Crippen molar-refractivity contribution in [3.8, 4) is 5.69 Å². The summed E-state index contributed by atoms with van der Waals surface area (Å²) in [5.74, 6) is -1.68. The van der Waals surface area contributed by atoms with Crippen molar-refractivity contribution >= 4 is 17.9 Å². The van der Waals surface area contributed by atoms with Crippen LogP contribution in [-0.4, -0.2) is 31.7 Å². The van der Waals surface area contributed by atoms with E-state index in [2.05, 4.69) is 15.4 Å². The molecule has 2 heterocycles. The summed E-state index contributed by atoms with van der Waals surface area (Å²) in [5.41, 5.74) is 1.73. The van der Waals surface area contributed by atoms with Gasteiger partial charge in [-0.3, -0.25) is 10.1 Å². The molecule has 0 bridgehead atoms. The molecule has 2 aromatic heterocycles. The van der Waals surface area contributed by atoms with E-state index in [0.717, 1.165) is 24.1 Å². The molecule has 0 atom stereocenters. The SMILES string of the molecule is CCCc1c(C(=O)Nc2nc(C(=O)O)co2)cnn1-c1ccccc1. The highest BCUT2D eigenvalue weighted by molar-refractivity contribution is 6.04. The summed E-state index contributed by atoms with van der Waals surface area (Å²) < 4.78 is 6.68. The van der Waals surface area contributed by atoms with Crippen LogP contribution in [0.2, 0.25) is 0 Å². The summed E-state index contributed by atoms with van der Waals surface area (Å²) in [6.45, 7) is 2.01. The van der Waals surface area contributed by atoms with Crippen molar-refractivity contribution in [2.45, 2.75) is 19.8 Å². The molecular weight excluding hydrogens is 324 g/mol. The zero-order valence-corrected chi connectivity index (χ0v) is 13.5. The maximum Gasteiger partial charge on any atom is 0.357 e. The number of amides is 1. The number of carbonyl (C=O) groups is 2. The molecule has 0 fully saturated rings. The number of rotatable bonds is 6. The van der Waals surface area contributed by atoms with Gasteiger partial charge in [0.05, 0.1) is 23.1 Å². The van der Waals surface area contributed by atoms with E-state index in [0.29, 0.717) is 12.0 Å². The first-order valence-electron chi connectivity index (χ1n) is 7.72. The zero-order chi connectivity index (χ0) is 17.8. The van der Waals surface area contributed by atoms with Crippen LogP contribution in [0.15, 0.2) is 47.2 Å². The number of para-hydroxylation sites is 1. The van der Waals surface area contributed by atoms with Gasteiger partial charge in [0.2, 0.25) is 0 Å². The van der Waals surface area contributed by atoms with Gasteiger partial charge in [-0.05, 0) is 18.6 Å². The summed E-state index contributed by atoms with van der Waals surface area (Å²) in [6, 6.07) is 9.34. The minimum Gasteiger partial charge on any atom is -0.476 e. The summed E-state index contributed by atoms with van der Waals surface area (Å²) in [6.07, 6.45) is 3.94. The Morgan fingerprint density at radius 2 is 2.04 bits per heavy atom. The van der Waals surface area contributed by atoms with E-state index in [1.807, 2.05) is 37.3 Å². The Balaban J connectivity index is 1.89. The van der Waals surface area contributed by atoms with Crippen molar-refractivity contribution in [2.75, 3.05) is 5.32 Å². The Morgan fingerprint density at radius 1 is 1.28 bits per heavy atom. The normalized spacial score (nSPS) is 10.6. The van der Waals surface area contributed by atoms with E-state index in [1.54, 1.807) is 4.68 Å². The molecular formula is C17H16N4O4. The molecule has 2 N–H and O–H groups in total. The second-order valence-electron chi connectivity index (χ2n) is 5.30. The van der Waals surface area contributed by atoms with E-state index in [-0.39, 0.29) is 11.7 Å². The van der Waals surface area contributed by atoms with E-state index in [1.165, 1.54) is 6.20 Å². The number of carbonyl (C=O) groups excluding carboxylic acids is 1. The molecule has 0 aliphatic carbocycles. The van der Waals surface area contributed by atoms with Crippen LogP contribution in [0.5, 0.6) is 0 Å². The lowest BCUT2D eigenvalue weighted by atomic mass is 10.1. The number of benzene rings is 1. The second kappa shape index (κ2) is 7.00. The van der Waals surface area contributed by atoms with Crippen LogP contribution in [0, 0.1) is 0 Å². The van der Waals surface area contributed by atoms with Gasteiger partial charge in [-0.25, -0.2) is 9.48 Å².